The van der Waals surface area contributed by atoms with Gasteiger partial charge in [-0.25, -0.2) is 9.59 Å². The maximum absolute atomic E-state index is 12.1. The summed E-state index contributed by atoms with van der Waals surface area (Å²) in [4.78, 5) is 25.0. The predicted octanol–water partition coefficient (Wildman–Crippen LogP) is 3.80. The molecule has 160 valence electrons. The molecule has 1 aromatic carbocycles. The van der Waals surface area contributed by atoms with E-state index in [0.29, 0.717) is 18.0 Å². The molecular formula is C19H19F3N4O4. The number of hydrogen-bond acceptors (Lipinski definition) is 5. The highest BCUT2D eigenvalue weighted by atomic mass is 19.4. The Bertz CT molecular complexity index is 987. The number of pyridine rings is 1. The van der Waals surface area contributed by atoms with Gasteiger partial charge in [-0.2, -0.15) is 13.2 Å². The first-order valence-electron chi connectivity index (χ1n) is 8.60. The van der Waals surface area contributed by atoms with E-state index in [1.807, 2.05) is 37.3 Å². The number of aliphatic carboxylic acids is 1. The Morgan fingerprint density at radius 3 is 2.57 bits per heavy atom. The van der Waals surface area contributed by atoms with Crippen LogP contribution >= 0.6 is 0 Å². The van der Waals surface area contributed by atoms with Gasteiger partial charge in [0.25, 0.3) is 0 Å². The van der Waals surface area contributed by atoms with Crippen molar-refractivity contribution in [3.8, 4) is 0 Å². The first-order valence-corrected chi connectivity index (χ1v) is 8.60. The number of carboxylic acids is 1. The van der Waals surface area contributed by atoms with Crippen LogP contribution in [0.15, 0.2) is 53.2 Å². The molecule has 0 bridgehead atoms. The number of nitrogens with zero attached hydrogens (tertiary/aromatic N) is 1. The van der Waals surface area contributed by atoms with Crippen LogP contribution in [0.3, 0.4) is 0 Å². The molecule has 0 spiro atoms. The summed E-state index contributed by atoms with van der Waals surface area (Å²) in [6.07, 6.45) is -1.68. The quantitative estimate of drug-likeness (QED) is 0.504. The summed E-state index contributed by atoms with van der Waals surface area (Å²) in [7, 11) is 0. The van der Waals surface area contributed by atoms with Crippen LogP contribution in [0.25, 0.3) is 11.0 Å². The van der Waals surface area contributed by atoms with Crippen LogP contribution in [0.5, 0.6) is 0 Å². The van der Waals surface area contributed by atoms with Gasteiger partial charge in [-0.3, -0.25) is 4.98 Å². The SMILES string of the molecule is CC(NC(=O)Nc1cccc(CN)c1)c1cc2cnccc2o1.O=C(O)C(F)(F)F. The summed E-state index contributed by atoms with van der Waals surface area (Å²) in [5.41, 5.74) is 8.01. The van der Waals surface area contributed by atoms with Gasteiger partial charge < -0.3 is 25.9 Å². The summed E-state index contributed by atoms with van der Waals surface area (Å²) in [5.74, 6) is -2.08. The molecule has 2 aromatic heterocycles. The fourth-order valence-corrected chi connectivity index (χ4v) is 2.33. The Morgan fingerprint density at radius 1 is 1.27 bits per heavy atom. The maximum Gasteiger partial charge on any atom is 0.490 e. The highest BCUT2D eigenvalue weighted by Gasteiger charge is 2.38. The molecule has 0 fully saturated rings. The largest absolute Gasteiger partial charge is 0.490 e. The van der Waals surface area contributed by atoms with E-state index in [0.717, 1.165) is 16.5 Å². The summed E-state index contributed by atoms with van der Waals surface area (Å²) < 4.78 is 37.5. The lowest BCUT2D eigenvalue weighted by Crippen LogP contribution is -2.31. The molecule has 2 heterocycles. The molecule has 0 aliphatic rings. The van der Waals surface area contributed by atoms with Crippen molar-refractivity contribution >= 4 is 28.7 Å². The number of fused-ring (bicyclic) bond motifs is 1. The standard InChI is InChI=1S/C17H18N4O2.C2HF3O2/c1-11(16-8-13-10-19-6-5-15(13)23-16)20-17(22)21-14-4-2-3-12(7-14)9-18;3-2(4,5)1(6)7/h2-8,10-11H,9,18H2,1H3,(H2,20,21,22);(H,6,7). The zero-order chi connectivity index (χ0) is 22.3. The van der Waals surface area contributed by atoms with Gasteiger partial charge >= 0.3 is 18.2 Å². The molecular weight excluding hydrogens is 405 g/mol. The number of nitrogens with two attached hydrogens (primary N) is 1. The predicted molar refractivity (Wildman–Crippen MR) is 103 cm³/mol. The van der Waals surface area contributed by atoms with Crippen molar-refractivity contribution < 1.29 is 32.3 Å². The first-order chi connectivity index (χ1) is 14.1. The Hall–Kier alpha value is -3.60. The molecule has 3 aromatic rings. The Labute approximate surface area is 168 Å². The molecule has 11 heteroatoms. The third-order valence-corrected chi connectivity index (χ3v) is 3.77. The van der Waals surface area contributed by atoms with Gasteiger partial charge in [-0.15, -0.1) is 0 Å². The van der Waals surface area contributed by atoms with Crippen LogP contribution in [0, 0.1) is 0 Å². The molecule has 1 unspecified atom stereocenters. The van der Waals surface area contributed by atoms with Gasteiger partial charge in [-0.05, 0) is 36.8 Å². The van der Waals surface area contributed by atoms with Crippen molar-refractivity contribution in [1.29, 1.82) is 0 Å². The number of carbonyl (C=O) groups is 2. The second-order valence-corrected chi connectivity index (χ2v) is 6.09. The maximum atomic E-state index is 12.1. The summed E-state index contributed by atoms with van der Waals surface area (Å²) in [6, 6.07) is 10.5. The average molecular weight is 424 g/mol. The van der Waals surface area contributed by atoms with E-state index in [1.165, 1.54) is 0 Å². The fraction of sp³-hybridized carbons (Fsp3) is 0.211. The van der Waals surface area contributed by atoms with E-state index < -0.39 is 12.1 Å². The normalized spacial score (nSPS) is 11.9. The number of furan rings is 1. The number of nitrogens with one attached hydrogen (secondary N) is 2. The van der Waals surface area contributed by atoms with Gasteiger partial charge in [0, 0.05) is 30.0 Å². The minimum atomic E-state index is -5.08. The molecule has 5 N–H and O–H groups in total. The highest BCUT2D eigenvalue weighted by Crippen LogP contribution is 2.23. The summed E-state index contributed by atoms with van der Waals surface area (Å²) in [5, 5.41) is 13.7. The highest BCUT2D eigenvalue weighted by molar-refractivity contribution is 5.89. The zero-order valence-corrected chi connectivity index (χ0v) is 15.7. The van der Waals surface area contributed by atoms with Crippen molar-refractivity contribution in [1.82, 2.24) is 10.3 Å². The first kappa shape index (κ1) is 22.7. The lowest BCUT2D eigenvalue weighted by atomic mass is 10.2. The topological polar surface area (TPSA) is 130 Å². The number of aromatic nitrogens is 1. The fourth-order valence-electron chi connectivity index (χ4n) is 2.33. The Kier molecular flexibility index (Phi) is 7.37. The number of carbonyl (C=O) groups excluding carboxylic acids is 1. The number of halogens is 3. The summed E-state index contributed by atoms with van der Waals surface area (Å²) >= 11 is 0. The van der Waals surface area contributed by atoms with Crippen molar-refractivity contribution in [3.05, 3.63) is 60.1 Å². The second-order valence-electron chi connectivity index (χ2n) is 6.09. The number of alkyl halides is 3. The Balaban J connectivity index is 0.000000396. The van der Waals surface area contributed by atoms with Crippen LogP contribution in [-0.2, 0) is 11.3 Å². The molecule has 0 aliphatic carbocycles. The molecule has 0 saturated carbocycles. The smallest absolute Gasteiger partial charge is 0.475 e. The van der Waals surface area contributed by atoms with E-state index in [4.69, 9.17) is 20.1 Å². The van der Waals surface area contributed by atoms with Gasteiger partial charge in [0.15, 0.2) is 0 Å². The van der Waals surface area contributed by atoms with Gasteiger partial charge in [0.05, 0.1) is 6.04 Å². The van der Waals surface area contributed by atoms with Gasteiger partial charge in [0.1, 0.15) is 11.3 Å². The number of anilines is 1. The lowest BCUT2D eigenvalue weighted by Gasteiger charge is -2.13. The number of amides is 2. The van der Waals surface area contributed by atoms with E-state index in [9.17, 15) is 18.0 Å². The molecule has 2 amide bonds. The van der Waals surface area contributed by atoms with Crippen molar-refractivity contribution in [3.63, 3.8) is 0 Å². The van der Waals surface area contributed by atoms with E-state index in [2.05, 4.69) is 15.6 Å². The van der Waals surface area contributed by atoms with Crippen LogP contribution in [0.2, 0.25) is 0 Å². The molecule has 8 nitrogen and oxygen atoms in total. The molecule has 0 saturated heterocycles. The number of carboxylic acid groups (broad SMARTS) is 1. The average Bonchev–Trinajstić information content (AvgIpc) is 3.12. The number of rotatable bonds is 4. The van der Waals surface area contributed by atoms with Gasteiger partial charge in [0.2, 0.25) is 0 Å². The van der Waals surface area contributed by atoms with Crippen LogP contribution in [-0.4, -0.2) is 28.3 Å². The molecule has 3 rings (SSSR count). The second kappa shape index (κ2) is 9.74. The number of hydrogen-bond donors (Lipinski definition) is 4. The van der Waals surface area contributed by atoms with Crippen molar-refractivity contribution in [2.75, 3.05) is 5.32 Å². The monoisotopic (exact) mass is 424 g/mol. The molecule has 0 radical (unpaired) electrons. The van der Waals surface area contributed by atoms with Crippen molar-refractivity contribution in [2.45, 2.75) is 25.7 Å². The van der Waals surface area contributed by atoms with E-state index in [1.54, 1.807) is 18.5 Å². The Morgan fingerprint density at radius 2 is 1.97 bits per heavy atom. The molecule has 1 atom stereocenters. The molecule has 0 aliphatic heterocycles. The third-order valence-electron chi connectivity index (χ3n) is 3.77. The van der Waals surface area contributed by atoms with Crippen LogP contribution < -0.4 is 16.4 Å². The number of urea groups is 1. The van der Waals surface area contributed by atoms with E-state index in [-0.39, 0.29) is 12.1 Å². The van der Waals surface area contributed by atoms with Crippen LogP contribution in [0.1, 0.15) is 24.3 Å². The van der Waals surface area contributed by atoms with Crippen LogP contribution in [0.4, 0.5) is 23.7 Å². The van der Waals surface area contributed by atoms with Gasteiger partial charge in [-0.1, -0.05) is 12.1 Å². The molecule has 30 heavy (non-hydrogen) atoms. The lowest BCUT2D eigenvalue weighted by molar-refractivity contribution is -0.192. The van der Waals surface area contributed by atoms with Crippen molar-refractivity contribution in [2.24, 2.45) is 5.73 Å². The minimum Gasteiger partial charge on any atom is -0.475 e. The zero-order valence-electron chi connectivity index (χ0n) is 15.7. The third kappa shape index (κ3) is 6.48. The minimum absolute atomic E-state index is 0.264. The summed E-state index contributed by atoms with van der Waals surface area (Å²) in [6.45, 7) is 2.29. The van der Waals surface area contributed by atoms with E-state index >= 15 is 0 Å². The number of benzene rings is 1.